The first-order valence-electron chi connectivity index (χ1n) is 7.86. The standard InChI is InChI=1S/C15H31N3O/c1-5-10-18(14-8-7-9-16-11-14)13(4)15(19)17-12(3)6-2/h12-14,16H,5-11H2,1-4H3,(H,17,19). The number of amides is 1. The van der Waals surface area contributed by atoms with Gasteiger partial charge in [-0.15, -0.1) is 0 Å². The molecule has 0 aliphatic carbocycles. The van der Waals surface area contributed by atoms with Gasteiger partial charge in [0.25, 0.3) is 0 Å². The van der Waals surface area contributed by atoms with Crippen LogP contribution >= 0.6 is 0 Å². The molecule has 1 heterocycles. The van der Waals surface area contributed by atoms with Crippen molar-refractivity contribution >= 4 is 5.91 Å². The number of hydrogen-bond donors (Lipinski definition) is 2. The van der Waals surface area contributed by atoms with Crippen LogP contribution in [0.1, 0.15) is 53.4 Å². The van der Waals surface area contributed by atoms with Crippen molar-refractivity contribution in [3.63, 3.8) is 0 Å². The Morgan fingerprint density at radius 2 is 2.16 bits per heavy atom. The SMILES string of the molecule is CCCN(C1CCCNC1)C(C)C(=O)NC(C)CC. The highest BCUT2D eigenvalue weighted by Gasteiger charge is 2.28. The van der Waals surface area contributed by atoms with Gasteiger partial charge in [-0.1, -0.05) is 13.8 Å². The quantitative estimate of drug-likeness (QED) is 0.740. The Kier molecular flexibility index (Phi) is 7.39. The monoisotopic (exact) mass is 269 g/mol. The van der Waals surface area contributed by atoms with Crippen molar-refractivity contribution in [1.82, 2.24) is 15.5 Å². The average Bonchev–Trinajstić information content (AvgIpc) is 2.44. The average molecular weight is 269 g/mol. The Labute approximate surface area is 118 Å². The van der Waals surface area contributed by atoms with Gasteiger partial charge in [0.2, 0.25) is 5.91 Å². The third kappa shape index (κ3) is 5.11. The minimum absolute atomic E-state index is 0.0288. The summed E-state index contributed by atoms with van der Waals surface area (Å²) in [6.45, 7) is 11.5. The topological polar surface area (TPSA) is 44.4 Å². The van der Waals surface area contributed by atoms with Gasteiger partial charge in [0.1, 0.15) is 0 Å². The molecule has 0 bridgehead atoms. The van der Waals surface area contributed by atoms with Gasteiger partial charge >= 0.3 is 0 Å². The zero-order valence-corrected chi connectivity index (χ0v) is 13.0. The second kappa shape index (κ2) is 8.54. The van der Waals surface area contributed by atoms with Crippen LogP contribution in [0, 0.1) is 0 Å². The number of carbonyl (C=O) groups is 1. The van der Waals surface area contributed by atoms with E-state index in [1.54, 1.807) is 0 Å². The lowest BCUT2D eigenvalue weighted by atomic mass is 10.0. The van der Waals surface area contributed by atoms with Crippen LogP contribution in [-0.4, -0.2) is 48.6 Å². The lowest BCUT2D eigenvalue weighted by Gasteiger charge is -2.38. The molecule has 1 amide bonds. The molecule has 0 radical (unpaired) electrons. The summed E-state index contributed by atoms with van der Waals surface area (Å²) in [5, 5.41) is 6.55. The maximum absolute atomic E-state index is 12.3. The van der Waals surface area contributed by atoms with Gasteiger partial charge in [0, 0.05) is 18.6 Å². The summed E-state index contributed by atoms with van der Waals surface area (Å²) in [4.78, 5) is 14.7. The number of nitrogens with zero attached hydrogens (tertiary/aromatic N) is 1. The van der Waals surface area contributed by atoms with Gasteiger partial charge in [-0.3, -0.25) is 9.69 Å². The number of carbonyl (C=O) groups excluding carboxylic acids is 1. The maximum Gasteiger partial charge on any atom is 0.237 e. The molecule has 0 spiro atoms. The van der Waals surface area contributed by atoms with Crippen molar-refractivity contribution < 1.29 is 4.79 Å². The summed E-state index contributed by atoms with van der Waals surface area (Å²) in [7, 11) is 0. The van der Waals surface area contributed by atoms with Gasteiger partial charge in [0.05, 0.1) is 6.04 Å². The minimum Gasteiger partial charge on any atom is -0.352 e. The summed E-state index contributed by atoms with van der Waals surface area (Å²) in [6, 6.07) is 0.744. The van der Waals surface area contributed by atoms with Crippen LogP contribution in [0.25, 0.3) is 0 Å². The van der Waals surface area contributed by atoms with Crippen molar-refractivity contribution in [2.24, 2.45) is 0 Å². The Bertz CT molecular complexity index is 264. The summed E-state index contributed by atoms with van der Waals surface area (Å²) >= 11 is 0. The summed E-state index contributed by atoms with van der Waals surface area (Å²) in [6.07, 6.45) is 4.49. The van der Waals surface area contributed by atoms with E-state index in [0.29, 0.717) is 6.04 Å². The molecular formula is C15H31N3O. The maximum atomic E-state index is 12.3. The van der Waals surface area contributed by atoms with Gasteiger partial charge in [-0.2, -0.15) is 0 Å². The third-order valence-electron chi connectivity index (χ3n) is 4.10. The highest BCUT2D eigenvalue weighted by Crippen LogP contribution is 2.14. The zero-order valence-electron chi connectivity index (χ0n) is 13.0. The number of piperidine rings is 1. The van der Waals surface area contributed by atoms with E-state index < -0.39 is 0 Å². The summed E-state index contributed by atoms with van der Waals surface area (Å²) in [5.41, 5.74) is 0. The molecule has 0 aromatic carbocycles. The fourth-order valence-corrected chi connectivity index (χ4v) is 2.68. The minimum atomic E-state index is -0.0288. The molecule has 1 aliphatic rings. The Morgan fingerprint density at radius 1 is 1.42 bits per heavy atom. The van der Waals surface area contributed by atoms with E-state index in [4.69, 9.17) is 0 Å². The van der Waals surface area contributed by atoms with Gasteiger partial charge in [-0.25, -0.2) is 0 Å². The second-order valence-corrected chi connectivity index (χ2v) is 5.73. The van der Waals surface area contributed by atoms with E-state index in [2.05, 4.69) is 36.3 Å². The molecule has 2 N–H and O–H groups in total. The highest BCUT2D eigenvalue weighted by molar-refractivity contribution is 5.81. The van der Waals surface area contributed by atoms with Crippen LogP contribution in [0.3, 0.4) is 0 Å². The first-order valence-corrected chi connectivity index (χ1v) is 7.86. The first-order chi connectivity index (χ1) is 9.10. The lowest BCUT2D eigenvalue weighted by molar-refractivity contribution is -0.127. The zero-order chi connectivity index (χ0) is 14.3. The van der Waals surface area contributed by atoms with Crippen molar-refractivity contribution in [3.8, 4) is 0 Å². The van der Waals surface area contributed by atoms with Crippen molar-refractivity contribution in [1.29, 1.82) is 0 Å². The van der Waals surface area contributed by atoms with Crippen molar-refractivity contribution in [3.05, 3.63) is 0 Å². The molecule has 1 aliphatic heterocycles. The van der Waals surface area contributed by atoms with E-state index in [1.807, 2.05) is 6.92 Å². The van der Waals surface area contributed by atoms with E-state index in [-0.39, 0.29) is 18.0 Å². The van der Waals surface area contributed by atoms with E-state index in [0.717, 1.165) is 32.5 Å². The fourth-order valence-electron chi connectivity index (χ4n) is 2.68. The number of rotatable bonds is 7. The molecule has 0 aromatic rings. The molecule has 0 aromatic heterocycles. The Balaban J connectivity index is 2.60. The molecule has 4 nitrogen and oxygen atoms in total. The van der Waals surface area contributed by atoms with Crippen LogP contribution in [0.2, 0.25) is 0 Å². The molecule has 3 unspecified atom stereocenters. The summed E-state index contributed by atoms with van der Waals surface area (Å²) < 4.78 is 0. The van der Waals surface area contributed by atoms with Gasteiger partial charge in [-0.05, 0) is 52.6 Å². The van der Waals surface area contributed by atoms with Gasteiger partial charge in [0.15, 0.2) is 0 Å². The molecule has 19 heavy (non-hydrogen) atoms. The molecule has 112 valence electrons. The molecule has 1 fully saturated rings. The smallest absolute Gasteiger partial charge is 0.237 e. The molecule has 4 heteroatoms. The number of hydrogen-bond acceptors (Lipinski definition) is 3. The lowest BCUT2D eigenvalue weighted by Crippen LogP contribution is -2.55. The third-order valence-corrected chi connectivity index (χ3v) is 4.10. The predicted octanol–water partition coefficient (Wildman–Crippen LogP) is 1.75. The largest absolute Gasteiger partial charge is 0.352 e. The van der Waals surface area contributed by atoms with Crippen molar-refractivity contribution in [2.45, 2.75) is 71.5 Å². The Morgan fingerprint density at radius 3 is 2.68 bits per heavy atom. The molecule has 3 atom stereocenters. The fraction of sp³-hybridized carbons (Fsp3) is 0.933. The van der Waals surface area contributed by atoms with Crippen molar-refractivity contribution in [2.75, 3.05) is 19.6 Å². The van der Waals surface area contributed by atoms with E-state index >= 15 is 0 Å². The normalized spacial score (nSPS) is 23.1. The Hall–Kier alpha value is -0.610. The summed E-state index contributed by atoms with van der Waals surface area (Å²) in [5.74, 6) is 0.174. The predicted molar refractivity (Wildman–Crippen MR) is 80.2 cm³/mol. The molecular weight excluding hydrogens is 238 g/mol. The van der Waals surface area contributed by atoms with E-state index in [9.17, 15) is 4.79 Å². The molecule has 0 saturated carbocycles. The highest BCUT2D eigenvalue weighted by atomic mass is 16.2. The van der Waals surface area contributed by atoms with Crippen LogP contribution < -0.4 is 10.6 Å². The first kappa shape index (κ1) is 16.4. The van der Waals surface area contributed by atoms with Crippen LogP contribution in [0.5, 0.6) is 0 Å². The van der Waals surface area contributed by atoms with Crippen LogP contribution in [0.4, 0.5) is 0 Å². The van der Waals surface area contributed by atoms with Crippen LogP contribution in [0.15, 0.2) is 0 Å². The van der Waals surface area contributed by atoms with Crippen LogP contribution in [-0.2, 0) is 4.79 Å². The second-order valence-electron chi connectivity index (χ2n) is 5.73. The molecule has 1 saturated heterocycles. The number of nitrogens with one attached hydrogen (secondary N) is 2. The van der Waals surface area contributed by atoms with Gasteiger partial charge < -0.3 is 10.6 Å². The molecule has 1 rings (SSSR count). The van der Waals surface area contributed by atoms with E-state index in [1.165, 1.54) is 12.8 Å².